The molecule has 5 heteroatoms. The van der Waals surface area contributed by atoms with Gasteiger partial charge in [-0.1, -0.05) is 30.3 Å². The van der Waals surface area contributed by atoms with Gasteiger partial charge in [-0.05, 0) is 18.6 Å². The average molecular weight is 291 g/mol. The van der Waals surface area contributed by atoms with Crippen molar-refractivity contribution in [1.82, 2.24) is 10.3 Å². The highest BCUT2D eigenvalue weighted by Gasteiger charge is 2.28. The number of hydrogen-bond acceptors (Lipinski definition) is 3. The van der Waals surface area contributed by atoms with E-state index in [2.05, 4.69) is 10.3 Å². The summed E-state index contributed by atoms with van der Waals surface area (Å²) >= 11 is 6.03. The largest absolute Gasteiger partial charge is 0.505 e. The number of hydrogen-bond donors (Lipinski definition) is 2. The molecule has 0 saturated carbocycles. The van der Waals surface area contributed by atoms with Gasteiger partial charge in [-0.25, -0.2) is 0 Å². The van der Waals surface area contributed by atoms with Crippen LogP contribution in [0.5, 0.6) is 5.75 Å². The van der Waals surface area contributed by atoms with E-state index in [-0.39, 0.29) is 17.2 Å². The molecular weight excluding hydrogens is 276 g/mol. The molecule has 0 aliphatic heterocycles. The van der Waals surface area contributed by atoms with Crippen molar-refractivity contribution >= 4 is 17.5 Å². The maximum atomic E-state index is 12.3. The summed E-state index contributed by atoms with van der Waals surface area (Å²) in [5.41, 5.74) is 0.361. The summed E-state index contributed by atoms with van der Waals surface area (Å²) < 4.78 is 0. The van der Waals surface area contributed by atoms with Crippen LogP contribution in [-0.2, 0) is 5.54 Å². The molecule has 20 heavy (non-hydrogen) atoms. The summed E-state index contributed by atoms with van der Waals surface area (Å²) in [6.45, 7) is 1.84. The van der Waals surface area contributed by atoms with Crippen molar-refractivity contribution in [2.24, 2.45) is 0 Å². The quantitative estimate of drug-likeness (QED) is 0.851. The molecule has 2 aromatic rings. The molecule has 0 bridgehead atoms. The highest BCUT2D eigenvalue weighted by atomic mass is 35.5. The number of alkyl halides is 1. The van der Waals surface area contributed by atoms with Gasteiger partial charge in [0.05, 0.1) is 17.3 Å². The van der Waals surface area contributed by atoms with Gasteiger partial charge >= 0.3 is 0 Å². The number of rotatable bonds is 4. The van der Waals surface area contributed by atoms with E-state index in [0.717, 1.165) is 5.56 Å². The van der Waals surface area contributed by atoms with Gasteiger partial charge in [0.1, 0.15) is 5.75 Å². The lowest BCUT2D eigenvalue weighted by molar-refractivity contribution is 0.0910. The SMILES string of the molecule is CC(CCl)(NC(=O)c1ccncc1O)c1ccccc1. The summed E-state index contributed by atoms with van der Waals surface area (Å²) in [6.07, 6.45) is 2.69. The van der Waals surface area contributed by atoms with Crippen LogP contribution in [0.2, 0.25) is 0 Å². The lowest BCUT2D eigenvalue weighted by Crippen LogP contribution is -2.45. The van der Waals surface area contributed by atoms with E-state index in [1.54, 1.807) is 0 Å². The number of pyridine rings is 1. The fraction of sp³-hybridized carbons (Fsp3) is 0.200. The molecule has 0 aliphatic carbocycles. The van der Waals surface area contributed by atoms with Crippen molar-refractivity contribution in [2.45, 2.75) is 12.5 Å². The number of aromatic hydroxyl groups is 1. The van der Waals surface area contributed by atoms with Crippen LogP contribution in [0.15, 0.2) is 48.8 Å². The third kappa shape index (κ3) is 2.91. The van der Waals surface area contributed by atoms with Gasteiger partial charge in [0.25, 0.3) is 5.91 Å². The predicted molar refractivity (Wildman–Crippen MR) is 77.9 cm³/mol. The van der Waals surface area contributed by atoms with E-state index >= 15 is 0 Å². The van der Waals surface area contributed by atoms with E-state index in [0.29, 0.717) is 0 Å². The van der Waals surface area contributed by atoms with Crippen LogP contribution in [0.1, 0.15) is 22.8 Å². The first-order valence-corrected chi connectivity index (χ1v) is 6.67. The molecule has 0 fully saturated rings. The fourth-order valence-corrected chi connectivity index (χ4v) is 2.11. The number of nitrogens with zero attached hydrogens (tertiary/aromatic N) is 1. The minimum absolute atomic E-state index is 0.157. The smallest absolute Gasteiger partial charge is 0.255 e. The number of halogens is 1. The lowest BCUT2D eigenvalue weighted by atomic mass is 9.93. The molecule has 2 rings (SSSR count). The van der Waals surface area contributed by atoms with E-state index < -0.39 is 11.4 Å². The molecule has 1 atom stereocenters. The monoisotopic (exact) mass is 290 g/mol. The molecule has 104 valence electrons. The molecule has 0 saturated heterocycles. The first-order chi connectivity index (χ1) is 9.57. The van der Waals surface area contributed by atoms with Gasteiger partial charge in [0, 0.05) is 12.1 Å². The van der Waals surface area contributed by atoms with Gasteiger partial charge in [0.2, 0.25) is 0 Å². The van der Waals surface area contributed by atoms with Gasteiger partial charge in [-0.2, -0.15) is 0 Å². The van der Waals surface area contributed by atoms with Gasteiger partial charge in [0.15, 0.2) is 0 Å². The molecule has 1 unspecified atom stereocenters. The second-order valence-corrected chi connectivity index (χ2v) is 4.95. The maximum absolute atomic E-state index is 12.3. The van der Waals surface area contributed by atoms with Crippen LogP contribution in [0.4, 0.5) is 0 Å². The standard InChI is InChI=1S/C15H15ClN2O2/c1-15(10-16,11-5-3-2-4-6-11)18-14(20)12-7-8-17-9-13(12)19/h2-9,19H,10H2,1H3,(H,18,20). The summed E-state index contributed by atoms with van der Waals surface area (Å²) in [5, 5.41) is 12.5. The third-order valence-electron chi connectivity index (χ3n) is 3.11. The van der Waals surface area contributed by atoms with E-state index in [9.17, 15) is 9.90 Å². The highest BCUT2D eigenvalue weighted by molar-refractivity contribution is 6.19. The van der Waals surface area contributed by atoms with Crippen LogP contribution in [0, 0.1) is 0 Å². The summed E-state index contributed by atoms with van der Waals surface area (Å²) in [6, 6.07) is 10.9. The minimum atomic E-state index is -0.713. The molecule has 1 aromatic carbocycles. The Bertz CT molecular complexity index is 604. The topological polar surface area (TPSA) is 62.2 Å². The zero-order valence-electron chi connectivity index (χ0n) is 11.0. The van der Waals surface area contributed by atoms with Gasteiger partial charge in [-0.3, -0.25) is 9.78 Å². The average Bonchev–Trinajstić information content (AvgIpc) is 2.48. The molecule has 4 nitrogen and oxygen atoms in total. The van der Waals surface area contributed by atoms with E-state index in [4.69, 9.17) is 11.6 Å². The first kappa shape index (κ1) is 14.3. The maximum Gasteiger partial charge on any atom is 0.255 e. The Balaban J connectivity index is 2.27. The Hall–Kier alpha value is -2.07. The molecule has 1 aromatic heterocycles. The van der Waals surface area contributed by atoms with E-state index in [1.807, 2.05) is 37.3 Å². The third-order valence-corrected chi connectivity index (χ3v) is 3.65. The van der Waals surface area contributed by atoms with Crippen molar-refractivity contribution in [3.05, 3.63) is 59.9 Å². The predicted octanol–water partition coefficient (Wildman–Crippen LogP) is 2.67. The number of carbonyl (C=O) groups is 1. The number of nitrogens with one attached hydrogen (secondary N) is 1. The number of carbonyl (C=O) groups excluding carboxylic acids is 1. The van der Waals surface area contributed by atoms with Crippen molar-refractivity contribution in [3.8, 4) is 5.75 Å². The molecule has 0 spiro atoms. The second kappa shape index (κ2) is 5.92. The van der Waals surface area contributed by atoms with Crippen molar-refractivity contribution in [2.75, 3.05) is 5.88 Å². The summed E-state index contributed by atoms with van der Waals surface area (Å²) in [7, 11) is 0. The van der Waals surface area contributed by atoms with Crippen molar-refractivity contribution in [3.63, 3.8) is 0 Å². The van der Waals surface area contributed by atoms with Gasteiger partial charge < -0.3 is 10.4 Å². The number of benzene rings is 1. The Kier molecular flexibility index (Phi) is 4.25. The Labute approximate surface area is 122 Å². The molecule has 0 radical (unpaired) electrons. The van der Waals surface area contributed by atoms with E-state index in [1.165, 1.54) is 18.5 Å². The zero-order valence-corrected chi connectivity index (χ0v) is 11.8. The summed E-state index contributed by atoms with van der Waals surface area (Å²) in [4.78, 5) is 16.0. The van der Waals surface area contributed by atoms with Crippen molar-refractivity contribution < 1.29 is 9.90 Å². The minimum Gasteiger partial charge on any atom is -0.505 e. The molecule has 0 aliphatic rings. The van der Waals surface area contributed by atoms with Crippen LogP contribution in [0.25, 0.3) is 0 Å². The zero-order chi connectivity index (χ0) is 14.6. The second-order valence-electron chi connectivity index (χ2n) is 4.68. The molecule has 1 amide bonds. The van der Waals surface area contributed by atoms with Crippen LogP contribution < -0.4 is 5.32 Å². The Morgan fingerprint density at radius 1 is 1.35 bits per heavy atom. The molecular formula is C15H15ClN2O2. The normalized spacial score (nSPS) is 13.5. The Morgan fingerprint density at radius 2 is 2.05 bits per heavy atom. The van der Waals surface area contributed by atoms with Crippen molar-refractivity contribution in [1.29, 1.82) is 0 Å². The summed E-state index contributed by atoms with van der Waals surface area (Å²) in [5.74, 6) is -0.332. The first-order valence-electron chi connectivity index (χ1n) is 6.14. The van der Waals surface area contributed by atoms with Crippen LogP contribution in [0.3, 0.4) is 0 Å². The molecule has 1 heterocycles. The van der Waals surface area contributed by atoms with Crippen LogP contribution in [-0.4, -0.2) is 21.9 Å². The van der Waals surface area contributed by atoms with Crippen LogP contribution >= 0.6 is 11.6 Å². The molecule has 2 N–H and O–H groups in total. The van der Waals surface area contributed by atoms with Gasteiger partial charge in [-0.15, -0.1) is 11.6 Å². The highest BCUT2D eigenvalue weighted by Crippen LogP contribution is 2.24. The number of aromatic nitrogens is 1. The number of amides is 1. The lowest BCUT2D eigenvalue weighted by Gasteiger charge is -2.29. The Morgan fingerprint density at radius 3 is 2.65 bits per heavy atom. The fourth-order valence-electron chi connectivity index (χ4n) is 1.88.